The van der Waals surface area contributed by atoms with Crippen molar-refractivity contribution >= 4 is 39.9 Å². The fourth-order valence-electron chi connectivity index (χ4n) is 3.16. The van der Waals surface area contributed by atoms with Gasteiger partial charge in [-0.15, -0.1) is 0 Å². The molecule has 7 heteroatoms. The molecule has 0 fully saturated rings. The second-order valence-corrected chi connectivity index (χ2v) is 6.99. The van der Waals surface area contributed by atoms with Crippen molar-refractivity contribution in [3.8, 4) is 0 Å². The summed E-state index contributed by atoms with van der Waals surface area (Å²) in [6, 6.07) is 5.45. The Hall–Kier alpha value is -2.11. The van der Waals surface area contributed by atoms with Crippen molar-refractivity contribution in [1.82, 2.24) is 19.5 Å². The van der Waals surface area contributed by atoms with Gasteiger partial charge in [-0.1, -0.05) is 35.3 Å². The molecule has 1 aliphatic carbocycles. The number of nitrogens with one attached hydrogen (secondary N) is 2. The maximum Gasteiger partial charge on any atom is 0.173 e. The van der Waals surface area contributed by atoms with Gasteiger partial charge in [-0.25, -0.2) is 9.97 Å². The number of benzene rings is 1. The molecule has 2 N–H and O–H groups in total. The molecule has 5 nitrogen and oxygen atoms in total. The fourth-order valence-corrected chi connectivity index (χ4v) is 3.68. The van der Waals surface area contributed by atoms with Gasteiger partial charge in [0.2, 0.25) is 0 Å². The predicted octanol–water partition coefficient (Wildman–Crippen LogP) is 4.55. The number of nitrogens with zero attached hydrogens (tertiary/aromatic N) is 3. The van der Waals surface area contributed by atoms with Gasteiger partial charge in [0.05, 0.1) is 12.9 Å². The highest BCUT2D eigenvalue weighted by atomic mass is 35.5. The van der Waals surface area contributed by atoms with Gasteiger partial charge in [0, 0.05) is 15.6 Å². The minimum atomic E-state index is 0.187. The van der Waals surface area contributed by atoms with Crippen LogP contribution in [0.3, 0.4) is 0 Å². The zero-order chi connectivity index (χ0) is 17.4. The minimum Gasteiger partial charge on any atom is -0.334 e. The van der Waals surface area contributed by atoms with Crippen LogP contribution in [0.2, 0.25) is 10.0 Å². The van der Waals surface area contributed by atoms with E-state index in [0.717, 1.165) is 24.2 Å². The van der Waals surface area contributed by atoms with E-state index < -0.39 is 0 Å². The number of hydrogen-bond donors (Lipinski definition) is 2. The Labute approximate surface area is 154 Å². The van der Waals surface area contributed by atoms with Crippen LogP contribution in [-0.4, -0.2) is 19.5 Å². The number of aromatic amines is 1. The van der Waals surface area contributed by atoms with E-state index >= 15 is 0 Å². The van der Waals surface area contributed by atoms with Crippen LogP contribution in [0.4, 0.5) is 0 Å². The number of rotatable bonds is 3. The van der Waals surface area contributed by atoms with Crippen molar-refractivity contribution in [3.05, 3.63) is 57.5 Å². The third-order valence-corrected chi connectivity index (χ3v) is 5.21. The molecule has 25 heavy (non-hydrogen) atoms. The van der Waals surface area contributed by atoms with E-state index in [2.05, 4.69) is 16.0 Å². The Balaban J connectivity index is 1.82. The van der Waals surface area contributed by atoms with E-state index in [1.807, 2.05) is 22.8 Å². The van der Waals surface area contributed by atoms with Gasteiger partial charge in [0.15, 0.2) is 11.1 Å². The average Bonchev–Trinajstić information content (AvgIpc) is 3.07. The molecule has 0 saturated carbocycles. The van der Waals surface area contributed by atoms with Gasteiger partial charge in [0.1, 0.15) is 11.3 Å². The summed E-state index contributed by atoms with van der Waals surface area (Å²) in [5.41, 5.74) is 3.54. The lowest BCUT2D eigenvalue weighted by molar-refractivity contribution is 0.738. The van der Waals surface area contributed by atoms with E-state index in [1.54, 1.807) is 6.33 Å². The van der Waals surface area contributed by atoms with Crippen LogP contribution < -0.4 is 5.49 Å². The number of H-pyrrole nitrogens is 1. The summed E-state index contributed by atoms with van der Waals surface area (Å²) in [6.07, 6.45) is 8.33. The van der Waals surface area contributed by atoms with E-state index in [4.69, 9.17) is 33.6 Å². The lowest BCUT2D eigenvalue weighted by atomic mass is 9.99. The van der Waals surface area contributed by atoms with E-state index in [9.17, 15) is 0 Å². The summed E-state index contributed by atoms with van der Waals surface area (Å²) in [5.74, 6) is 0.829. The van der Waals surface area contributed by atoms with Crippen molar-refractivity contribution < 1.29 is 0 Å². The Morgan fingerprint density at radius 3 is 2.72 bits per heavy atom. The summed E-state index contributed by atoms with van der Waals surface area (Å²) in [6.45, 7) is 0.450. The SMILES string of the molecule is N=c1ncn(Cc2c(Cl)cccc2Cl)c2nc(C3=CCCCC3)[nH]c12. The second-order valence-electron chi connectivity index (χ2n) is 6.18. The normalized spacial score (nSPS) is 14.7. The smallest absolute Gasteiger partial charge is 0.173 e. The summed E-state index contributed by atoms with van der Waals surface area (Å²) in [5, 5.41) is 9.30. The number of fused-ring (bicyclic) bond motifs is 1. The second kappa shape index (κ2) is 6.65. The molecule has 0 spiro atoms. The quantitative estimate of drug-likeness (QED) is 0.706. The molecule has 0 amide bonds. The fraction of sp³-hybridized carbons (Fsp3) is 0.278. The van der Waals surface area contributed by atoms with Crippen molar-refractivity contribution in [2.24, 2.45) is 0 Å². The molecule has 3 aromatic rings. The highest BCUT2D eigenvalue weighted by Gasteiger charge is 2.15. The van der Waals surface area contributed by atoms with Gasteiger partial charge < -0.3 is 9.55 Å². The Kier molecular flexibility index (Phi) is 4.36. The van der Waals surface area contributed by atoms with E-state index in [1.165, 1.54) is 18.4 Å². The molecule has 4 rings (SSSR count). The molecule has 128 valence electrons. The number of halogens is 2. The molecular weight excluding hydrogens is 357 g/mol. The number of allylic oxidation sites excluding steroid dienone is 2. The average molecular weight is 374 g/mol. The van der Waals surface area contributed by atoms with Crippen molar-refractivity contribution in [2.45, 2.75) is 32.2 Å². The zero-order valence-electron chi connectivity index (χ0n) is 13.5. The van der Waals surface area contributed by atoms with Crippen LogP contribution in [0.5, 0.6) is 0 Å². The van der Waals surface area contributed by atoms with E-state index in [0.29, 0.717) is 27.8 Å². The molecule has 1 aromatic carbocycles. The summed E-state index contributed by atoms with van der Waals surface area (Å²) in [7, 11) is 0. The van der Waals surface area contributed by atoms with Crippen molar-refractivity contribution in [1.29, 1.82) is 5.41 Å². The van der Waals surface area contributed by atoms with Crippen LogP contribution in [-0.2, 0) is 6.54 Å². The summed E-state index contributed by atoms with van der Waals surface area (Å²) < 4.78 is 1.88. The molecule has 1 aliphatic rings. The summed E-state index contributed by atoms with van der Waals surface area (Å²) >= 11 is 12.6. The van der Waals surface area contributed by atoms with Crippen LogP contribution in [0.1, 0.15) is 37.1 Å². The largest absolute Gasteiger partial charge is 0.334 e. The van der Waals surface area contributed by atoms with Crippen LogP contribution in [0.25, 0.3) is 16.7 Å². The number of imidazole rings is 1. The summed E-state index contributed by atoms with van der Waals surface area (Å²) in [4.78, 5) is 12.2. The Morgan fingerprint density at radius 2 is 2.00 bits per heavy atom. The zero-order valence-corrected chi connectivity index (χ0v) is 15.0. The predicted molar refractivity (Wildman–Crippen MR) is 99.7 cm³/mol. The lowest BCUT2D eigenvalue weighted by Crippen LogP contribution is -2.13. The first kappa shape index (κ1) is 16.4. The molecule has 0 atom stereocenters. The highest BCUT2D eigenvalue weighted by molar-refractivity contribution is 6.36. The minimum absolute atomic E-state index is 0.187. The van der Waals surface area contributed by atoms with Gasteiger partial charge in [0.25, 0.3) is 0 Å². The first-order valence-electron chi connectivity index (χ1n) is 8.25. The Bertz CT molecular complexity index is 1010. The molecule has 0 radical (unpaired) electrons. The monoisotopic (exact) mass is 373 g/mol. The number of aromatic nitrogens is 4. The van der Waals surface area contributed by atoms with Crippen molar-refractivity contribution in [3.63, 3.8) is 0 Å². The molecule has 2 heterocycles. The Morgan fingerprint density at radius 1 is 1.20 bits per heavy atom. The highest BCUT2D eigenvalue weighted by Crippen LogP contribution is 2.28. The van der Waals surface area contributed by atoms with Gasteiger partial charge in [-0.3, -0.25) is 5.41 Å². The molecule has 0 unspecified atom stereocenters. The maximum atomic E-state index is 8.08. The molecule has 2 aromatic heterocycles. The lowest BCUT2D eigenvalue weighted by Gasteiger charge is -2.10. The topological polar surface area (TPSA) is 70.3 Å². The van der Waals surface area contributed by atoms with Gasteiger partial charge in [-0.05, 0) is 43.4 Å². The third kappa shape index (κ3) is 3.10. The van der Waals surface area contributed by atoms with Crippen molar-refractivity contribution in [2.75, 3.05) is 0 Å². The van der Waals surface area contributed by atoms with Crippen LogP contribution >= 0.6 is 23.2 Å². The van der Waals surface area contributed by atoms with Crippen LogP contribution in [0, 0.1) is 5.41 Å². The molecular formula is C18H17Cl2N5. The van der Waals surface area contributed by atoms with Gasteiger partial charge in [-0.2, -0.15) is 0 Å². The van der Waals surface area contributed by atoms with Gasteiger partial charge >= 0.3 is 0 Å². The molecule has 0 saturated heterocycles. The van der Waals surface area contributed by atoms with E-state index in [-0.39, 0.29) is 5.49 Å². The molecule has 0 bridgehead atoms. The molecule has 0 aliphatic heterocycles. The van der Waals surface area contributed by atoms with Crippen LogP contribution in [0.15, 0.2) is 30.6 Å². The number of hydrogen-bond acceptors (Lipinski definition) is 3. The maximum absolute atomic E-state index is 8.08. The first-order valence-corrected chi connectivity index (χ1v) is 9.01. The standard InChI is InChI=1S/C18H17Cl2N5/c19-13-7-4-8-14(20)12(13)9-25-10-22-16(21)15-18(25)24-17(23-15)11-5-2-1-3-6-11/h4-5,7-8,10,21H,1-3,6,9H2,(H,23,24). The third-order valence-electron chi connectivity index (χ3n) is 4.51. The first-order chi connectivity index (χ1) is 12.1.